The summed E-state index contributed by atoms with van der Waals surface area (Å²) in [4.78, 5) is 22.6. The lowest BCUT2D eigenvalue weighted by Crippen LogP contribution is -1.93. The molecule has 0 aliphatic heterocycles. The number of benzene rings is 2. The van der Waals surface area contributed by atoms with Gasteiger partial charge >= 0.3 is 5.97 Å². The molecule has 0 unspecified atom stereocenters. The van der Waals surface area contributed by atoms with Gasteiger partial charge in [0.15, 0.2) is 5.78 Å². The Morgan fingerprint density at radius 3 is 2.39 bits per heavy atom. The Morgan fingerprint density at radius 1 is 1.00 bits per heavy atom. The quantitative estimate of drug-likeness (QED) is 0.653. The molecule has 0 saturated carbocycles. The van der Waals surface area contributed by atoms with Crippen molar-refractivity contribution in [1.82, 2.24) is 0 Å². The van der Waals surface area contributed by atoms with Crippen molar-refractivity contribution in [3.63, 3.8) is 0 Å². The van der Waals surface area contributed by atoms with Gasteiger partial charge in [-0.15, -0.1) is 0 Å². The number of ether oxygens (including phenoxy) is 1. The Hall–Kier alpha value is -3.14. The van der Waals surface area contributed by atoms with E-state index in [1.807, 2.05) is 18.2 Å². The van der Waals surface area contributed by atoms with E-state index in [1.165, 1.54) is 19.3 Å². The lowest BCUT2D eigenvalue weighted by molar-refractivity contribution is -0.131. The predicted molar refractivity (Wildman–Crippen MR) is 89.5 cm³/mol. The molecule has 0 radical (unpaired) electrons. The molecular formula is C19H16O4. The highest BCUT2D eigenvalue weighted by atomic mass is 16.5. The maximum absolute atomic E-state index is 12.0. The van der Waals surface area contributed by atoms with Crippen molar-refractivity contribution in [2.75, 3.05) is 7.11 Å². The van der Waals surface area contributed by atoms with E-state index in [0.29, 0.717) is 16.9 Å². The van der Waals surface area contributed by atoms with Crippen molar-refractivity contribution in [2.45, 2.75) is 0 Å². The smallest absolute Gasteiger partial charge is 0.328 e. The Bertz CT molecular complexity index is 758. The zero-order valence-electron chi connectivity index (χ0n) is 12.6. The molecule has 0 atom stereocenters. The summed E-state index contributed by atoms with van der Waals surface area (Å²) in [5.74, 6) is -0.569. The minimum atomic E-state index is -1.02. The van der Waals surface area contributed by atoms with Crippen LogP contribution in [0.5, 0.6) is 5.75 Å². The number of carbonyl (C=O) groups is 2. The molecule has 0 fully saturated rings. The number of ketones is 1. The number of aliphatic carboxylic acids is 1. The third kappa shape index (κ3) is 4.68. The Morgan fingerprint density at radius 2 is 1.74 bits per heavy atom. The number of carboxylic acids is 1. The van der Waals surface area contributed by atoms with Crippen LogP contribution in [0.2, 0.25) is 0 Å². The molecule has 0 aromatic heterocycles. The normalized spacial score (nSPS) is 11.0. The van der Waals surface area contributed by atoms with E-state index in [9.17, 15) is 9.59 Å². The summed E-state index contributed by atoms with van der Waals surface area (Å²) in [6.45, 7) is 0. The molecule has 116 valence electrons. The van der Waals surface area contributed by atoms with Crippen LogP contribution < -0.4 is 4.74 Å². The standard InChI is InChI=1S/C19H16O4/c1-23-18-13-14(7-9-16(18)10-12-19(21)22)8-11-17(20)15-5-3-2-4-6-15/h2-13H,1H3,(H,21,22). The second-order valence-corrected chi connectivity index (χ2v) is 4.74. The molecule has 23 heavy (non-hydrogen) atoms. The first-order valence-electron chi connectivity index (χ1n) is 6.96. The van der Waals surface area contributed by atoms with Crippen LogP contribution in [-0.4, -0.2) is 24.0 Å². The Balaban J connectivity index is 2.19. The number of allylic oxidation sites excluding steroid dienone is 1. The molecule has 1 N–H and O–H groups in total. The van der Waals surface area contributed by atoms with Gasteiger partial charge in [0.2, 0.25) is 0 Å². The third-order valence-corrected chi connectivity index (χ3v) is 3.15. The van der Waals surface area contributed by atoms with Gasteiger partial charge in [-0.2, -0.15) is 0 Å². The molecule has 0 bridgehead atoms. The fourth-order valence-electron chi connectivity index (χ4n) is 2.00. The molecule has 0 saturated heterocycles. The molecule has 2 aromatic rings. The summed E-state index contributed by atoms with van der Waals surface area (Å²) in [6, 6.07) is 14.3. The van der Waals surface area contributed by atoms with Gasteiger partial charge in [0, 0.05) is 17.2 Å². The van der Waals surface area contributed by atoms with Gasteiger partial charge in [-0.25, -0.2) is 4.79 Å². The van der Waals surface area contributed by atoms with Crippen molar-refractivity contribution >= 4 is 23.9 Å². The van der Waals surface area contributed by atoms with E-state index >= 15 is 0 Å². The van der Waals surface area contributed by atoms with Crippen LogP contribution in [-0.2, 0) is 4.79 Å². The van der Waals surface area contributed by atoms with Gasteiger partial charge in [0.1, 0.15) is 5.75 Å². The molecule has 0 aliphatic rings. The summed E-state index contributed by atoms with van der Waals surface area (Å²) in [6.07, 6.45) is 5.70. The van der Waals surface area contributed by atoms with Gasteiger partial charge in [-0.05, 0) is 23.8 Å². The van der Waals surface area contributed by atoms with Crippen LogP contribution in [0.15, 0.2) is 60.7 Å². The van der Waals surface area contributed by atoms with Crippen LogP contribution in [0.1, 0.15) is 21.5 Å². The first kappa shape index (κ1) is 16.2. The van der Waals surface area contributed by atoms with E-state index in [1.54, 1.807) is 36.4 Å². The summed E-state index contributed by atoms with van der Waals surface area (Å²) >= 11 is 0. The summed E-state index contributed by atoms with van der Waals surface area (Å²) in [5.41, 5.74) is 2.07. The number of rotatable bonds is 6. The second-order valence-electron chi connectivity index (χ2n) is 4.74. The lowest BCUT2D eigenvalue weighted by atomic mass is 10.1. The maximum Gasteiger partial charge on any atom is 0.328 e. The molecule has 0 spiro atoms. The van der Waals surface area contributed by atoms with Gasteiger partial charge in [0.05, 0.1) is 7.11 Å². The number of hydrogen-bond acceptors (Lipinski definition) is 3. The number of carboxylic acid groups (broad SMARTS) is 1. The summed E-state index contributed by atoms with van der Waals surface area (Å²) in [7, 11) is 1.51. The summed E-state index contributed by atoms with van der Waals surface area (Å²) < 4.78 is 5.25. The number of hydrogen-bond donors (Lipinski definition) is 1. The average molecular weight is 308 g/mol. The topological polar surface area (TPSA) is 63.6 Å². The molecule has 4 nitrogen and oxygen atoms in total. The van der Waals surface area contributed by atoms with Crippen LogP contribution in [0.4, 0.5) is 0 Å². The predicted octanol–water partition coefficient (Wildman–Crippen LogP) is 3.69. The van der Waals surface area contributed by atoms with Crippen molar-refractivity contribution < 1.29 is 19.4 Å². The van der Waals surface area contributed by atoms with Crippen molar-refractivity contribution in [3.8, 4) is 5.75 Å². The van der Waals surface area contributed by atoms with E-state index in [2.05, 4.69) is 0 Å². The molecule has 0 aliphatic carbocycles. The molecular weight excluding hydrogens is 292 g/mol. The largest absolute Gasteiger partial charge is 0.496 e. The molecule has 2 aromatic carbocycles. The minimum Gasteiger partial charge on any atom is -0.496 e. The zero-order chi connectivity index (χ0) is 16.7. The fourth-order valence-corrected chi connectivity index (χ4v) is 2.00. The monoisotopic (exact) mass is 308 g/mol. The maximum atomic E-state index is 12.0. The SMILES string of the molecule is COc1cc(C=CC(=O)c2ccccc2)ccc1C=CC(=O)O. The van der Waals surface area contributed by atoms with E-state index in [-0.39, 0.29) is 5.78 Å². The third-order valence-electron chi connectivity index (χ3n) is 3.15. The summed E-state index contributed by atoms with van der Waals surface area (Å²) in [5, 5.41) is 8.67. The highest BCUT2D eigenvalue weighted by Gasteiger charge is 2.03. The molecule has 0 amide bonds. The average Bonchev–Trinajstić information content (AvgIpc) is 2.58. The minimum absolute atomic E-state index is 0.0839. The molecule has 4 heteroatoms. The van der Waals surface area contributed by atoms with Gasteiger partial charge < -0.3 is 9.84 Å². The number of carbonyl (C=O) groups excluding carboxylic acids is 1. The van der Waals surface area contributed by atoms with Crippen LogP contribution >= 0.6 is 0 Å². The Labute approximate surface area is 134 Å². The van der Waals surface area contributed by atoms with E-state index in [0.717, 1.165) is 11.6 Å². The first-order valence-corrected chi connectivity index (χ1v) is 6.96. The van der Waals surface area contributed by atoms with Crippen molar-refractivity contribution in [3.05, 3.63) is 77.4 Å². The first-order chi connectivity index (χ1) is 11.1. The number of methoxy groups -OCH3 is 1. The highest BCUT2D eigenvalue weighted by Crippen LogP contribution is 2.22. The van der Waals surface area contributed by atoms with Gasteiger partial charge in [-0.1, -0.05) is 48.5 Å². The van der Waals surface area contributed by atoms with Crippen LogP contribution in [0.3, 0.4) is 0 Å². The van der Waals surface area contributed by atoms with Crippen LogP contribution in [0, 0.1) is 0 Å². The van der Waals surface area contributed by atoms with Gasteiger partial charge in [0.25, 0.3) is 0 Å². The van der Waals surface area contributed by atoms with Gasteiger partial charge in [-0.3, -0.25) is 4.79 Å². The fraction of sp³-hybridized carbons (Fsp3) is 0.0526. The molecule has 0 heterocycles. The lowest BCUT2D eigenvalue weighted by Gasteiger charge is -2.05. The Kier molecular flexibility index (Phi) is 5.47. The molecule has 2 rings (SSSR count). The second kappa shape index (κ2) is 7.75. The van der Waals surface area contributed by atoms with E-state index < -0.39 is 5.97 Å². The highest BCUT2D eigenvalue weighted by molar-refractivity contribution is 6.06. The zero-order valence-corrected chi connectivity index (χ0v) is 12.6. The van der Waals surface area contributed by atoms with Crippen molar-refractivity contribution in [2.24, 2.45) is 0 Å². The van der Waals surface area contributed by atoms with E-state index in [4.69, 9.17) is 9.84 Å². The van der Waals surface area contributed by atoms with Crippen molar-refractivity contribution in [1.29, 1.82) is 0 Å². The van der Waals surface area contributed by atoms with Crippen LogP contribution in [0.25, 0.3) is 12.2 Å².